The summed E-state index contributed by atoms with van der Waals surface area (Å²) < 4.78 is 0. The Morgan fingerprint density at radius 2 is 1.40 bits per heavy atom. The van der Waals surface area contributed by atoms with Gasteiger partial charge < -0.3 is 47.8 Å². The molecule has 1 aromatic rings. The van der Waals surface area contributed by atoms with Crippen molar-refractivity contribution >= 4 is 41.4 Å². The first-order valence-electron chi connectivity index (χ1n) is 18.0. The number of rotatable bonds is 20. The number of primary amides is 1. The molecule has 0 spiro atoms. The number of phenols is 1. The zero-order valence-electron chi connectivity index (χ0n) is 31.0. The Kier molecular flexibility index (Phi) is 17.0. The molecule has 0 radical (unpaired) electrons. The van der Waals surface area contributed by atoms with E-state index in [-0.39, 0.29) is 36.8 Å². The number of hydrogen-bond acceptors (Lipinski definition) is 9. The highest BCUT2D eigenvalue weighted by Crippen LogP contribution is 2.22. The molecule has 8 atom stereocenters. The molecule has 0 saturated carbocycles. The number of carbonyl (C=O) groups is 7. The number of nitrogens with one attached hydrogen (secondary N) is 4. The van der Waals surface area contributed by atoms with E-state index in [4.69, 9.17) is 11.5 Å². The minimum Gasteiger partial charge on any atom is -0.508 e. The quantitative estimate of drug-likeness (QED) is 0.0909. The number of likely N-dealkylation sites (tertiary alicyclic amines) is 1. The summed E-state index contributed by atoms with van der Waals surface area (Å²) in [5, 5.41) is 29.8. The second-order valence-corrected chi connectivity index (χ2v) is 14.0. The first-order chi connectivity index (χ1) is 24.4. The monoisotopic (exact) mass is 731 g/mol. The van der Waals surface area contributed by atoms with E-state index < -0.39 is 83.6 Å². The number of amides is 6. The summed E-state index contributed by atoms with van der Waals surface area (Å²) in [5.41, 5.74) is 12.1. The Morgan fingerprint density at radius 3 is 1.94 bits per heavy atom. The van der Waals surface area contributed by atoms with Crippen LogP contribution in [0.4, 0.5) is 0 Å². The van der Waals surface area contributed by atoms with E-state index >= 15 is 0 Å². The summed E-state index contributed by atoms with van der Waals surface area (Å²) in [6.07, 6.45) is 1.44. The SMILES string of the molecule is CC[C@H](C)[C@H](N)C(=O)N1CCC[C@H]1C(=O)N[C@H](C(=O)N[C@@H](CCC(N)=O)C(=O)N[C@@H](Cc1ccc(O)cc1)C(=O)N[C@H](C(=O)O)C(C)C)[C@@H](C)CC. The molecule has 1 aliphatic heterocycles. The summed E-state index contributed by atoms with van der Waals surface area (Å²) in [4.78, 5) is 93.0. The molecule has 2 rings (SSSR count). The zero-order chi connectivity index (χ0) is 39.3. The number of nitrogens with zero attached hydrogens (tertiary/aromatic N) is 1. The van der Waals surface area contributed by atoms with Crippen LogP contribution in [-0.2, 0) is 40.0 Å². The van der Waals surface area contributed by atoms with E-state index in [1.807, 2.05) is 20.8 Å². The van der Waals surface area contributed by atoms with E-state index in [1.54, 1.807) is 20.8 Å². The van der Waals surface area contributed by atoms with Crippen LogP contribution in [0.25, 0.3) is 0 Å². The highest BCUT2D eigenvalue weighted by Gasteiger charge is 2.40. The van der Waals surface area contributed by atoms with Crippen molar-refractivity contribution in [3.05, 3.63) is 29.8 Å². The average Bonchev–Trinajstić information content (AvgIpc) is 3.60. The van der Waals surface area contributed by atoms with Gasteiger partial charge in [0.25, 0.3) is 0 Å². The summed E-state index contributed by atoms with van der Waals surface area (Å²) in [7, 11) is 0. The van der Waals surface area contributed by atoms with E-state index in [0.29, 0.717) is 37.8 Å². The van der Waals surface area contributed by atoms with Crippen LogP contribution in [0.15, 0.2) is 24.3 Å². The average molecular weight is 732 g/mol. The highest BCUT2D eigenvalue weighted by atomic mass is 16.4. The van der Waals surface area contributed by atoms with Gasteiger partial charge in [0, 0.05) is 19.4 Å². The fraction of sp³-hybridized carbons (Fsp3) is 0.639. The maximum Gasteiger partial charge on any atom is 0.326 e. The lowest BCUT2D eigenvalue weighted by molar-refractivity contribution is -0.143. The van der Waals surface area contributed by atoms with Crippen LogP contribution in [0.5, 0.6) is 5.75 Å². The van der Waals surface area contributed by atoms with Gasteiger partial charge in [0.1, 0.15) is 36.0 Å². The number of aliphatic carboxylic acids is 1. The topological polar surface area (TPSA) is 263 Å². The summed E-state index contributed by atoms with van der Waals surface area (Å²) >= 11 is 0. The molecule has 1 heterocycles. The third-order valence-electron chi connectivity index (χ3n) is 9.73. The standard InChI is InChI=1S/C36H57N7O9/c1-7-20(5)28(38)35(50)43-17-9-10-26(43)33(48)42-30(21(6)8-2)34(49)39-24(15-16-27(37)45)31(46)40-25(18-22-11-13-23(44)14-12-22)32(47)41-29(19(3)4)36(51)52/h11-14,19-21,24-26,28-30,44H,7-10,15-18,38H2,1-6H3,(H2,37,45)(H,39,49)(H,40,46)(H,41,47)(H,42,48)(H,51,52)/t20-,21-,24-,25-,26-,28-,29-,30-/m0/s1. The first kappa shape index (κ1) is 43.4. The number of carbonyl (C=O) groups excluding carboxylic acids is 6. The van der Waals surface area contributed by atoms with Crippen LogP contribution in [0.2, 0.25) is 0 Å². The van der Waals surface area contributed by atoms with Crippen molar-refractivity contribution in [3.8, 4) is 5.75 Å². The molecule has 1 aromatic carbocycles. The van der Waals surface area contributed by atoms with Gasteiger partial charge in [-0.2, -0.15) is 0 Å². The van der Waals surface area contributed by atoms with Gasteiger partial charge in [-0.25, -0.2) is 4.79 Å². The second-order valence-electron chi connectivity index (χ2n) is 14.0. The van der Waals surface area contributed by atoms with Gasteiger partial charge in [0.05, 0.1) is 6.04 Å². The molecule has 10 N–H and O–H groups in total. The maximum atomic E-state index is 13.9. The van der Waals surface area contributed by atoms with Gasteiger partial charge in [0.2, 0.25) is 35.4 Å². The van der Waals surface area contributed by atoms with Gasteiger partial charge in [0.15, 0.2) is 0 Å². The molecular weight excluding hydrogens is 674 g/mol. The Morgan fingerprint density at radius 1 is 0.827 bits per heavy atom. The van der Waals surface area contributed by atoms with Crippen LogP contribution in [0, 0.1) is 17.8 Å². The minimum atomic E-state index is -1.39. The van der Waals surface area contributed by atoms with Crippen molar-refractivity contribution in [2.75, 3.05) is 6.54 Å². The Labute approximate surface area is 305 Å². The van der Waals surface area contributed by atoms with E-state index in [0.717, 1.165) is 0 Å². The summed E-state index contributed by atoms with van der Waals surface area (Å²) in [6.45, 7) is 10.9. The fourth-order valence-electron chi connectivity index (χ4n) is 5.88. The Bertz CT molecular complexity index is 1420. The van der Waals surface area contributed by atoms with Crippen molar-refractivity contribution in [3.63, 3.8) is 0 Å². The molecule has 16 nitrogen and oxygen atoms in total. The van der Waals surface area contributed by atoms with Crippen LogP contribution < -0.4 is 32.7 Å². The fourth-order valence-corrected chi connectivity index (χ4v) is 5.88. The smallest absolute Gasteiger partial charge is 0.326 e. The van der Waals surface area contributed by atoms with Crippen molar-refractivity contribution in [2.45, 2.75) is 123 Å². The number of benzene rings is 1. The molecule has 0 aliphatic carbocycles. The van der Waals surface area contributed by atoms with Gasteiger partial charge >= 0.3 is 5.97 Å². The first-order valence-corrected chi connectivity index (χ1v) is 18.0. The van der Waals surface area contributed by atoms with Gasteiger partial charge in [-0.15, -0.1) is 0 Å². The van der Waals surface area contributed by atoms with Crippen molar-refractivity contribution in [1.82, 2.24) is 26.2 Å². The lowest BCUT2D eigenvalue weighted by Gasteiger charge is -2.31. The van der Waals surface area contributed by atoms with Crippen LogP contribution in [-0.4, -0.2) is 99.3 Å². The third-order valence-corrected chi connectivity index (χ3v) is 9.73. The predicted molar refractivity (Wildman–Crippen MR) is 192 cm³/mol. The maximum absolute atomic E-state index is 13.9. The Balaban J connectivity index is 2.35. The lowest BCUT2D eigenvalue weighted by atomic mass is 9.96. The van der Waals surface area contributed by atoms with Gasteiger partial charge in [-0.05, 0) is 54.7 Å². The van der Waals surface area contributed by atoms with Crippen LogP contribution in [0.3, 0.4) is 0 Å². The molecule has 0 bridgehead atoms. The molecule has 290 valence electrons. The van der Waals surface area contributed by atoms with Crippen molar-refractivity contribution in [1.29, 1.82) is 0 Å². The number of carboxylic acids is 1. The molecule has 52 heavy (non-hydrogen) atoms. The number of nitrogens with two attached hydrogens (primary N) is 2. The van der Waals surface area contributed by atoms with Crippen LogP contribution in [0.1, 0.15) is 85.6 Å². The molecule has 16 heteroatoms. The molecule has 0 aromatic heterocycles. The molecule has 6 amide bonds. The van der Waals surface area contributed by atoms with Gasteiger partial charge in [-0.3, -0.25) is 28.8 Å². The molecular formula is C36H57N7O9. The van der Waals surface area contributed by atoms with Gasteiger partial charge in [-0.1, -0.05) is 66.5 Å². The molecule has 1 fully saturated rings. The number of phenolic OH excluding ortho intramolecular Hbond substituents is 1. The number of hydrogen-bond donors (Lipinski definition) is 8. The third kappa shape index (κ3) is 12.5. The summed E-state index contributed by atoms with van der Waals surface area (Å²) in [5.74, 6) is -6.34. The van der Waals surface area contributed by atoms with Crippen molar-refractivity contribution in [2.24, 2.45) is 29.2 Å². The number of aromatic hydroxyl groups is 1. The number of carboxylic acid groups (broad SMARTS) is 1. The highest BCUT2D eigenvalue weighted by molar-refractivity contribution is 5.97. The zero-order valence-corrected chi connectivity index (χ0v) is 31.0. The molecule has 1 aliphatic rings. The van der Waals surface area contributed by atoms with Crippen LogP contribution >= 0.6 is 0 Å². The summed E-state index contributed by atoms with van der Waals surface area (Å²) in [6, 6.07) is -0.910. The normalized spacial score (nSPS) is 18.2. The van der Waals surface area contributed by atoms with E-state index in [1.165, 1.54) is 29.2 Å². The predicted octanol–water partition coefficient (Wildman–Crippen LogP) is 0.291. The minimum absolute atomic E-state index is 0.0291. The lowest BCUT2D eigenvalue weighted by Crippen LogP contribution is -2.60. The molecule has 1 saturated heterocycles. The Hall–Kier alpha value is -4.73. The largest absolute Gasteiger partial charge is 0.508 e. The van der Waals surface area contributed by atoms with E-state index in [2.05, 4.69) is 21.3 Å². The van der Waals surface area contributed by atoms with Crippen molar-refractivity contribution < 1.29 is 43.8 Å². The van der Waals surface area contributed by atoms with E-state index in [9.17, 15) is 43.8 Å². The second kappa shape index (κ2) is 20.3. The molecule has 0 unspecified atom stereocenters.